The number of ether oxygens (including phenoxy) is 3. The third kappa shape index (κ3) is 5.96. The zero-order chi connectivity index (χ0) is 21.3. The minimum Gasteiger partial charge on any atom is -0.497 e. The highest BCUT2D eigenvalue weighted by Crippen LogP contribution is 2.28. The fourth-order valence-electron chi connectivity index (χ4n) is 3.56. The van der Waals surface area contributed by atoms with E-state index in [0.29, 0.717) is 30.2 Å². The Kier molecular flexibility index (Phi) is 8.10. The molecule has 0 atom stereocenters. The first kappa shape index (κ1) is 22.1. The average Bonchev–Trinajstić information content (AvgIpc) is 3.22. The van der Waals surface area contributed by atoms with E-state index in [9.17, 15) is 4.79 Å². The van der Waals surface area contributed by atoms with Crippen LogP contribution >= 0.6 is 0 Å². The van der Waals surface area contributed by atoms with Gasteiger partial charge in [-0.3, -0.25) is 14.4 Å². The molecule has 8 heteroatoms. The average molecular weight is 417 g/mol. The number of rotatable bonds is 10. The normalized spacial score (nSPS) is 15.2. The summed E-state index contributed by atoms with van der Waals surface area (Å²) in [6, 6.07) is 5.31. The second-order valence-corrected chi connectivity index (χ2v) is 7.41. The molecule has 1 saturated heterocycles. The van der Waals surface area contributed by atoms with E-state index in [1.807, 2.05) is 10.9 Å². The maximum atomic E-state index is 12.6. The molecule has 0 unspecified atom stereocenters. The number of piperidine rings is 1. The second-order valence-electron chi connectivity index (χ2n) is 7.41. The van der Waals surface area contributed by atoms with Crippen molar-refractivity contribution >= 4 is 5.91 Å². The molecule has 0 saturated carbocycles. The van der Waals surface area contributed by atoms with Crippen molar-refractivity contribution < 1.29 is 19.0 Å². The maximum absolute atomic E-state index is 12.6. The lowest BCUT2D eigenvalue weighted by Gasteiger charge is -2.32. The van der Waals surface area contributed by atoms with Gasteiger partial charge in [0.1, 0.15) is 17.6 Å². The van der Waals surface area contributed by atoms with Gasteiger partial charge in [0.05, 0.1) is 25.5 Å². The molecule has 1 aromatic heterocycles. The van der Waals surface area contributed by atoms with Gasteiger partial charge in [0, 0.05) is 57.7 Å². The molecule has 164 valence electrons. The van der Waals surface area contributed by atoms with Gasteiger partial charge >= 0.3 is 0 Å². The van der Waals surface area contributed by atoms with Crippen LogP contribution in [0.15, 0.2) is 30.6 Å². The van der Waals surface area contributed by atoms with Crippen LogP contribution in [0.2, 0.25) is 0 Å². The standard InChI is InChI=1S/C22H32N4O4/c1-4-26-16-17(14-24-26)15-25-10-7-18(8-11-25)30-21-13-19(29-3)5-6-20(21)22(27)23-9-12-28-2/h5-6,13-14,16,18H,4,7-12,15H2,1-3H3,(H,23,27). The summed E-state index contributed by atoms with van der Waals surface area (Å²) in [6.07, 6.45) is 5.93. The molecule has 1 aliphatic rings. The monoisotopic (exact) mass is 416 g/mol. The van der Waals surface area contributed by atoms with E-state index in [1.165, 1.54) is 5.56 Å². The molecule has 1 aliphatic heterocycles. The summed E-state index contributed by atoms with van der Waals surface area (Å²) >= 11 is 0. The maximum Gasteiger partial charge on any atom is 0.255 e. The zero-order valence-electron chi connectivity index (χ0n) is 18.1. The van der Waals surface area contributed by atoms with Crippen molar-refractivity contribution in [1.82, 2.24) is 20.0 Å². The van der Waals surface area contributed by atoms with Crippen molar-refractivity contribution in [2.75, 3.05) is 40.5 Å². The number of benzene rings is 1. The molecule has 1 fully saturated rings. The molecular weight excluding hydrogens is 384 g/mol. The Morgan fingerprint density at radius 1 is 1.27 bits per heavy atom. The van der Waals surface area contributed by atoms with Crippen LogP contribution in [0.3, 0.4) is 0 Å². The largest absolute Gasteiger partial charge is 0.497 e. The van der Waals surface area contributed by atoms with Gasteiger partial charge in [-0.1, -0.05) is 0 Å². The van der Waals surface area contributed by atoms with Crippen molar-refractivity contribution in [2.45, 2.75) is 39.0 Å². The van der Waals surface area contributed by atoms with Crippen LogP contribution in [0.1, 0.15) is 35.7 Å². The summed E-state index contributed by atoms with van der Waals surface area (Å²) in [6.45, 7) is 6.69. The van der Waals surface area contributed by atoms with Gasteiger partial charge in [-0.25, -0.2) is 0 Å². The van der Waals surface area contributed by atoms with Gasteiger partial charge in [0.15, 0.2) is 0 Å². The summed E-state index contributed by atoms with van der Waals surface area (Å²) in [4.78, 5) is 15.0. The SMILES string of the molecule is CCn1cc(CN2CCC(Oc3cc(OC)ccc3C(=O)NCCOC)CC2)cn1. The lowest BCUT2D eigenvalue weighted by atomic mass is 10.1. The molecule has 1 N–H and O–H groups in total. The minimum absolute atomic E-state index is 0.0669. The number of carbonyl (C=O) groups excluding carboxylic acids is 1. The lowest BCUT2D eigenvalue weighted by Crippen LogP contribution is -2.38. The summed E-state index contributed by atoms with van der Waals surface area (Å²) in [5, 5.41) is 7.20. The van der Waals surface area contributed by atoms with Crippen LogP contribution in [0.4, 0.5) is 0 Å². The van der Waals surface area contributed by atoms with Gasteiger partial charge < -0.3 is 19.5 Å². The van der Waals surface area contributed by atoms with Gasteiger partial charge in [0.25, 0.3) is 5.91 Å². The first-order chi connectivity index (χ1) is 14.6. The van der Waals surface area contributed by atoms with Crippen LogP contribution in [0, 0.1) is 0 Å². The highest BCUT2D eigenvalue weighted by Gasteiger charge is 2.23. The second kappa shape index (κ2) is 11.0. The van der Waals surface area contributed by atoms with Crippen LogP contribution in [-0.2, 0) is 17.8 Å². The van der Waals surface area contributed by atoms with E-state index in [4.69, 9.17) is 14.2 Å². The van der Waals surface area contributed by atoms with E-state index in [1.54, 1.807) is 32.4 Å². The molecule has 1 aromatic carbocycles. The third-order valence-corrected chi connectivity index (χ3v) is 5.27. The first-order valence-corrected chi connectivity index (χ1v) is 10.5. The van der Waals surface area contributed by atoms with Gasteiger partial charge in [-0.2, -0.15) is 5.10 Å². The molecule has 0 bridgehead atoms. The molecule has 30 heavy (non-hydrogen) atoms. The van der Waals surface area contributed by atoms with E-state index in [-0.39, 0.29) is 12.0 Å². The lowest BCUT2D eigenvalue weighted by molar-refractivity contribution is 0.0881. The molecule has 3 rings (SSSR count). The Labute approximate surface area is 178 Å². The zero-order valence-corrected chi connectivity index (χ0v) is 18.1. The summed E-state index contributed by atoms with van der Waals surface area (Å²) < 4.78 is 18.5. The molecule has 0 aliphatic carbocycles. The molecular formula is C22H32N4O4. The Morgan fingerprint density at radius 3 is 2.73 bits per heavy atom. The van der Waals surface area contributed by atoms with Crippen molar-refractivity contribution in [3.63, 3.8) is 0 Å². The van der Waals surface area contributed by atoms with Crippen molar-refractivity contribution in [1.29, 1.82) is 0 Å². The van der Waals surface area contributed by atoms with Crippen LogP contribution in [0.25, 0.3) is 0 Å². The Balaban J connectivity index is 1.58. The van der Waals surface area contributed by atoms with Crippen molar-refractivity contribution in [3.05, 3.63) is 41.7 Å². The van der Waals surface area contributed by atoms with Crippen LogP contribution < -0.4 is 14.8 Å². The van der Waals surface area contributed by atoms with Gasteiger partial charge in [-0.05, 0) is 31.9 Å². The fourth-order valence-corrected chi connectivity index (χ4v) is 3.56. The Hall–Kier alpha value is -2.58. The number of nitrogens with zero attached hydrogens (tertiary/aromatic N) is 3. The molecule has 0 spiro atoms. The molecule has 1 amide bonds. The number of hydrogen-bond acceptors (Lipinski definition) is 6. The summed E-state index contributed by atoms with van der Waals surface area (Å²) in [5.74, 6) is 1.06. The molecule has 2 aromatic rings. The molecule has 2 heterocycles. The predicted octanol–water partition coefficient (Wildman–Crippen LogP) is 2.33. The van der Waals surface area contributed by atoms with E-state index in [0.717, 1.165) is 39.0 Å². The van der Waals surface area contributed by atoms with Gasteiger partial charge in [0.2, 0.25) is 0 Å². The number of carbonyl (C=O) groups is 1. The highest BCUT2D eigenvalue weighted by molar-refractivity contribution is 5.97. The summed E-state index contributed by atoms with van der Waals surface area (Å²) in [5.41, 5.74) is 1.75. The van der Waals surface area contributed by atoms with Crippen LogP contribution in [-0.4, -0.2) is 67.2 Å². The minimum atomic E-state index is -0.171. The number of amides is 1. The van der Waals surface area contributed by atoms with E-state index >= 15 is 0 Å². The Bertz CT molecular complexity index is 815. The fraction of sp³-hybridized carbons (Fsp3) is 0.545. The number of hydrogen-bond donors (Lipinski definition) is 1. The first-order valence-electron chi connectivity index (χ1n) is 10.5. The molecule has 0 radical (unpaired) electrons. The van der Waals surface area contributed by atoms with Gasteiger partial charge in [-0.15, -0.1) is 0 Å². The summed E-state index contributed by atoms with van der Waals surface area (Å²) in [7, 11) is 3.22. The third-order valence-electron chi connectivity index (χ3n) is 5.27. The number of likely N-dealkylation sites (tertiary alicyclic amines) is 1. The Morgan fingerprint density at radius 2 is 2.07 bits per heavy atom. The quantitative estimate of drug-likeness (QED) is 0.599. The number of aryl methyl sites for hydroxylation is 1. The predicted molar refractivity (Wildman–Crippen MR) is 114 cm³/mol. The number of aromatic nitrogens is 2. The van der Waals surface area contributed by atoms with Crippen molar-refractivity contribution in [2.24, 2.45) is 0 Å². The molecule has 8 nitrogen and oxygen atoms in total. The highest BCUT2D eigenvalue weighted by atomic mass is 16.5. The number of methoxy groups -OCH3 is 2. The van der Waals surface area contributed by atoms with Crippen molar-refractivity contribution in [3.8, 4) is 11.5 Å². The smallest absolute Gasteiger partial charge is 0.255 e. The topological polar surface area (TPSA) is 77.9 Å². The van der Waals surface area contributed by atoms with Crippen LogP contribution in [0.5, 0.6) is 11.5 Å². The van der Waals surface area contributed by atoms with E-state index in [2.05, 4.69) is 28.4 Å². The number of nitrogens with one attached hydrogen (secondary N) is 1. The van der Waals surface area contributed by atoms with E-state index < -0.39 is 0 Å².